The molecule has 1 aliphatic carbocycles. The highest BCUT2D eigenvalue weighted by molar-refractivity contribution is 6.00. The largest absolute Gasteiger partial charge is 0.481 e. The zero-order chi connectivity index (χ0) is 16.4. The average Bonchev–Trinajstić information content (AvgIpc) is 2.60. The molecule has 0 bridgehead atoms. The van der Waals surface area contributed by atoms with Crippen LogP contribution in [0.15, 0.2) is 18.2 Å². The van der Waals surface area contributed by atoms with Crippen LogP contribution in [0.2, 0.25) is 0 Å². The smallest absolute Gasteiger partial charge is 0.307 e. The number of aryl methyl sites for hydroxylation is 2. The molecule has 0 amide bonds. The number of carboxylic acid groups (broad SMARTS) is 1. The van der Waals surface area contributed by atoms with Crippen LogP contribution < -0.4 is 0 Å². The molecule has 1 N–H and O–H groups in total. The molecule has 1 saturated heterocycles. The molecule has 0 saturated carbocycles. The molecule has 0 radical (unpaired) electrons. The van der Waals surface area contributed by atoms with E-state index in [0.29, 0.717) is 13.0 Å². The third-order valence-electron chi connectivity index (χ3n) is 5.36. The standard InChI is InChI=1S/C19H25NO3/c1-13(20-10-4-7-17(12-20)19(22)23)18(21)16-9-8-14-5-2-3-6-15(14)11-16/h8-9,11,13,17H,2-7,10,12H2,1H3,(H,22,23). The molecular weight excluding hydrogens is 290 g/mol. The summed E-state index contributed by atoms with van der Waals surface area (Å²) >= 11 is 0. The Morgan fingerprint density at radius 1 is 1.17 bits per heavy atom. The molecule has 4 heteroatoms. The Bertz CT molecular complexity index is 611. The number of piperidine rings is 1. The van der Waals surface area contributed by atoms with Gasteiger partial charge in [-0.25, -0.2) is 0 Å². The molecule has 4 nitrogen and oxygen atoms in total. The highest BCUT2D eigenvalue weighted by Crippen LogP contribution is 2.24. The number of carbonyl (C=O) groups is 2. The van der Waals surface area contributed by atoms with Crippen molar-refractivity contribution in [3.8, 4) is 0 Å². The summed E-state index contributed by atoms with van der Waals surface area (Å²) in [6.07, 6.45) is 6.18. The Hall–Kier alpha value is -1.68. The van der Waals surface area contributed by atoms with Gasteiger partial charge in [0, 0.05) is 12.1 Å². The molecule has 1 heterocycles. The lowest BCUT2D eigenvalue weighted by molar-refractivity contribution is -0.143. The first kappa shape index (κ1) is 16.2. The van der Waals surface area contributed by atoms with Crippen LogP contribution in [0.5, 0.6) is 0 Å². The Balaban J connectivity index is 1.73. The van der Waals surface area contributed by atoms with Gasteiger partial charge < -0.3 is 5.11 Å². The van der Waals surface area contributed by atoms with Crippen LogP contribution in [0.4, 0.5) is 0 Å². The summed E-state index contributed by atoms with van der Waals surface area (Å²) in [5.74, 6) is -0.977. The molecule has 0 spiro atoms. The lowest BCUT2D eigenvalue weighted by Crippen LogP contribution is -2.46. The number of carboxylic acids is 1. The number of benzene rings is 1. The fourth-order valence-corrected chi connectivity index (χ4v) is 3.85. The lowest BCUT2D eigenvalue weighted by Gasteiger charge is -2.34. The van der Waals surface area contributed by atoms with Crippen molar-refractivity contribution >= 4 is 11.8 Å². The van der Waals surface area contributed by atoms with Crippen LogP contribution in [-0.4, -0.2) is 40.9 Å². The summed E-state index contributed by atoms with van der Waals surface area (Å²) in [7, 11) is 0. The van der Waals surface area contributed by atoms with E-state index >= 15 is 0 Å². The first-order chi connectivity index (χ1) is 11.1. The average molecular weight is 315 g/mol. The molecule has 1 aromatic carbocycles. The topological polar surface area (TPSA) is 57.6 Å². The molecule has 2 aliphatic rings. The van der Waals surface area contributed by atoms with Crippen molar-refractivity contribution in [2.24, 2.45) is 5.92 Å². The number of aliphatic carboxylic acids is 1. The minimum Gasteiger partial charge on any atom is -0.481 e. The number of carbonyl (C=O) groups excluding carboxylic acids is 1. The Morgan fingerprint density at radius 2 is 1.91 bits per heavy atom. The van der Waals surface area contributed by atoms with Gasteiger partial charge in [-0.05, 0) is 69.2 Å². The zero-order valence-electron chi connectivity index (χ0n) is 13.8. The predicted molar refractivity (Wildman–Crippen MR) is 88.8 cm³/mol. The fraction of sp³-hybridized carbons (Fsp3) is 0.579. The first-order valence-corrected chi connectivity index (χ1v) is 8.69. The number of rotatable bonds is 4. The van der Waals surface area contributed by atoms with Gasteiger partial charge in [0.05, 0.1) is 12.0 Å². The molecule has 0 aromatic heterocycles. The third-order valence-corrected chi connectivity index (χ3v) is 5.36. The van der Waals surface area contributed by atoms with Crippen molar-refractivity contribution in [1.82, 2.24) is 4.90 Å². The van der Waals surface area contributed by atoms with Gasteiger partial charge in [-0.15, -0.1) is 0 Å². The highest BCUT2D eigenvalue weighted by atomic mass is 16.4. The van der Waals surface area contributed by atoms with E-state index in [0.717, 1.165) is 31.4 Å². The van der Waals surface area contributed by atoms with Gasteiger partial charge in [0.1, 0.15) is 0 Å². The quantitative estimate of drug-likeness (QED) is 0.868. The van der Waals surface area contributed by atoms with Gasteiger partial charge in [0.2, 0.25) is 0 Å². The number of hydrogen-bond acceptors (Lipinski definition) is 3. The number of Topliss-reactive ketones (excluding diaryl/α,β-unsaturated/α-hetero) is 1. The number of nitrogens with zero attached hydrogens (tertiary/aromatic N) is 1. The summed E-state index contributed by atoms with van der Waals surface area (Å²) in [6.45, 7) is 3.20. The molecule has 1 aromatic rings. The first-order valence-electron chi connectivity index (χ1n) is 8.69. The third kappa shape index (κ3) is 3.47. The van der Waals surface area contributed by atoms with Crippen molar-refractivity contribution in [1.29, 1.82) is 0 Å². The van der Waals surface area contributed by atoms with Crippen LogP contribution in [0, 0.1) is 5.92 Å². The van der Waals surface area contributed by atoms with Crippen molar-refractivity contribution in [2.45, 2.75) is 51.5 Å². The van der Waals surface area contributed by atoms with Gasteiger partial charge in [0.15, 0.2) is 5.78 Å². The van der Waals surface area contributed by atoms with E-state index in [1.54, 1.807) is 0 Å². The second-order valence-corrected chi connectivity index (χ2v) is 6.90. The van der Waals surface area contributed by atoms with Crippen LogP contribution in [-0.2, 0) is 17.6 Å². The van der Waals surface area contributed by atoms with Crippen molar-refractivity contribution < 1.29 is 14.7 Å². The van der Waals surface area contributed by atoms with Gasteiger partial charge in [0.25, 0.3) is 0 Å². The van der Waals surface area contributed by atoms with E-state index in [4.69, 9.17) is 0 Å². The monoisotopic (exact) mass is 315 g/mol. The minimum absolute atomic E-state index is 0.115. The van der Waals surface area contributed by atoms with Crippen LogP contribution in [0.1, 0.15) is 54.1 Å². The maximum Gasteiger partial charge on any atom is 0.307 e. The molecule has 2 unspecified atom stereocenters. The number of ketones is 1. The molecule has 2 atom stereocenters. The van der Waals surface area contributed by atoms with Gasteiger partial charge in [-0.2, -0.15) is 0 Å². The predicted octanol–water partition coefficient (Wildman–Crippen LogP) is 2.93. The summed E-state index contributed by atoms with van der Waals surface area (Å²) in [6, 6.07) is 5.86. The summed E-state index contributed by atoms with van der Waals surface area (Å²) in [4.78, 5) is 26.1. The molecular formula is C19H25NO3. The molecule has 124 valence electrons. The zero-order valence-corrected chi connectivity index (χ0v) is 13.8. The van der Waals surface area contributed by atoms with Gasteiger partial charge in [-0.3, -0.25) is 14.5 Å². The highest BCUT2D eigenvalue weighted by Gasteiger charge is 2.31. The second-order valence-electron chi connectivity index (χ2n) is 6.90. The van der Waals surface area contributed by atoms with Crippen LogP contribution >= 0.6 is 0 Å². The van der Waals surface area contributed by atoms with Crippen molar-refractivity contribution in [3.05, 3.63) is 34.9 Å². The number of fused-ring (bicyclic) bond motifs is 1. The van der Waals surface area contributed by atoms with E-state index in [1.165, 1.54) is 24.0 Å². The van der Waals surface area contributed by atoms with E-state index in [1.807, 2.05) is 17.9 Å². The molecule has 3 rings (SSSR count). The lowest BCUT2D eigenvalue weighted by atomic mass is 9.88. The maximum atomic E-state index is 12.8. The summed E-state index contributed by atoms with van der Waals surface area (Å²) < 4.78 is 0. The molecule has 1 fully saturated rings. The van der Waals surface area contributed by atoms with E-state index < -0.39 is 5.97 Å². The fourth-order valence-electron chi connectivity index (χ4n) is 3.85. The van der Waals surface area contributed by atoms with Crippen LogP contribution in [0.3, 0.4) is 0 Å². The van der Waals surface area contributed by atoms with Crippen molar-refractivity contribution in [3.63, 3.8) is 0 Å². The Labute approximate surface area is 137 Å². The molecule has 1 aliphatic heterocycles. The SMILES string of the molecule is CC(C(=O)c1ccc2c(c1)CCCC2)N1CCCC(C(=O)O)C1. The summed E-state index contributed by atoms with van der Waals surface area (Å²) in [5.41, 5.74) is 3.47. The van der Waals surface area contributed by atoms with E-state index in [-0.39, 0.29) is 17.7 Å². The minimum atomic E-state index is -0.747. The Kier molecular flexibility index (Phi) is 4.81. The van der Waals surface area contributed by atoms with Gasteiger partial charge >= 0.3 is 5.97 Å². The number of likely N-dealkylation sites (tertiary alicyclic amines) is 1. The van der Waals surface area contributed by atoms with E-state index in [9.17, 15) is 14.7 Å². The number of hydrogen-bond donors (Lipinski definition) is 1. The van der Waals surface area contributed by atoms with Crippen molar-refractivity contribution in [2.75, 3.05) is 13.1 Å². The normalized spacial score (nSPS) is 23.1. The molecule has 23 heavy (non-hydrogen) atoms. The van der Waals surface area contributed by atoms with Crippen LogP contribution in [0.25, 0.3) is 0 Å². The maximum absolute atomic E-state index is 12.8. The van der Waals surface area contributed by atoms with Gasteiger partial charge in [-0.1, -0.05) is 12.1 Å². The summed E-state index contributed by atoms with van der Waals surface area (Å²) in [5, 5.41) is 9.21. The van der Waals surface area contributed by atoms with E-state index in [2.05, 4.69) is 12.1 Å². The second kappa shape index (κ2) is 6.83. The Morgan fingerprint density at radius 3 is 2.65 bits per heavy atom.